The summed E-state index contributed by atoms with van der Waals surface area (Å²) in [6, 6.07) is 5.96. The van der Waals surface area contributed by atoms with E-state index in [1.54, 1.807) is 6.92 Å². The molecule has 0 saturated heterocycles. The van der Waals surface area contributed by atoms with E-state index in [-0.39, 0.29) is 18.2 Å². The molecule has 0 bridgehead atoms. The van der Waals surface area contributed by atoms with Gasteiger partial charge in [-0.25, -0.2) is 4.79 Å². The molecule has 0 spiro atoms. The van der Waals surface area contributed by atoms with Gasteiger partial charge < -0.3 is 10.4 Å². The van der Waals surface area contributed by atoms with E-state index < -0.39 is 11.5 Å². The highest BCUT2D eigenvalue weighted by atomic mass is 16.4. The molecule has 0 heterocycles. The number of aryl methyl sites for hydroxylation is 2. The Morgan fingerprint density at radius 2 is 2.00 bits per heavy atom. The smallest absolute Gasteiger partial charge is 0.329 e. The van der Waals surface area contributed by atoms with E-state index in [9.17, 15) is 14.7 Å². The van der Waals surface area contributed by atoms with Gasteiger partial charge in [0.05, 0.1) is 6.42 Å². The molecule has 1 aliphatic carbocycles. The second-order valence-electron chi connectivity index (χ2n) is 5.94. The van der Waals surface area contributed by atoms with Crippen molar-refractivity contribution in [1.29, 1.82) is 0 Å². The molecule has 0 aromatic heterocycles. The van der Waals surface area contributed by atoms with Gasteiger partial charge in [0, 0.05) is 0 Å². The first-order chi connectivity index (χ1) is 9.33. The van der Waals surface area contributed by atoms with Gasteiger partial charge in [0.25, 0.3) is 0 Å². The molecule has 1 aliphatic rings. The lowest BCUT2D eigenvalue weighted by Gasteiger charge is -2.26. The second kappa shape index (κ2) is 5.27. The maximum absolute atomic E-state index is 12.2. The maximum Gasteiger partial charge on any atom is 0.329 e. The summed E-state index contributed by atoms with van der Waals surface area (Å²) in [6.07, 6.45) is 1.96. The van der Waals surface area contributed by atoms with Crippen molar-refractivity contribution in [3.8, 4) is 0 Å². The van der Waals surface area contributed by atoms with E-state index in [2.05, 4.69) is 5.32 Å². The summed E-state index contributed by atoms with van der Waals surface area (Å²) >= 11 is 0. The van der Waals surface area contributed by atoms with Gasteiger partial charge >= 0.3 is 5.97 Å². The Hall–Kier alpha value is -1.84. The zero-order valence-corrected chi connectivity index (χ0v) is 12.2. The highest BCUT2D eigenvalue weighted by molar-refractivity contribution is 5.88. The Morgan fingerprint density at radius 3 is 2.55 bits per heavy atom. The number of carboxylic acids is 1. The summed E-state index contributed by atoms with van der Waals surface area (Å²) in [7, 11) is 0. The molecule has 2 rings (SSSR count). The second-order valence-corrected chi connectivity index (χ2v) is 5.94. The molecule has 20 heavy (non-hydrogen) atoms. The van der Waals surface area contributed by atoms with Crippen molar-refractivity contribution in [3.05, 3.63) is 34.9 Å². The van der Waals surface area contributed by atoms with Crippen molar-refractivity contribution in [3.63, 3.8) is 0 Å². The van der Waals surface area contributed by atoms with Crippen molar-refractivity contribution in [1.82, 2.24) is 5.32 Å². The first-order valence-electron chi connectivity index (χ1n) is 6.93. The van der Waals surface area contributed by atoms with Gasteiger partial charge in [0.1, 0.15) is 5.54 Å². The molecule has 1 aromatic rings. The molecule has 0 unspecified atom stereocenters. The summed E-state index contributed by atoms with van der Waals surface area (Å²) in [5.41, 5.74) is 1.97. The van der Waals surface area contributed by atoms with Crippen LogP contribution < -0.4 is 5.32 Å². The number of nitrogens with one attached hydrogen (secondary N) is 1. The van der Waals surface area contributed by atoms with Crippen molar-refractivity contribution in [2.75, 3.05) is 0 Å². The van der Waals surface area contributed by atoms with Gasteiger partial charge in [-0.2, -0.15) is 0 Å². The lowest BCUT2D eigenvalue weighted by atomic mass is 9.95. The number of carbonyl (C=O) groups is 2. The number of hydrogen-bond acceptors (Lipinski definition) is 2. The third kappa shape index (κ3) is 3.00. The van der Waals surface area contributed by atoms with Gasteiger partial charge in [-0.15, -0.1) is 0 Å². The highest BCUT2D eigenvalue weighted by Crippen LogP contribution is 2.39. The van der Waals surface area contributed by atoms with Gasteiger partial charge in [-0.05, 0) is 50.7 Å². The van der Waals surface area contributed by atoms with Crippen LogP contribution in [0.15, 0.2) is 18.2 Å². The number of carboxylic acid groups (broad SMARTS) is 1. The fourth-order valence-electron chi connectivity index (χ4n) is 2.49. The van der Waals surface area contributed by atoms with Crippen molar-refractivity contribution in [2.24, 2.45) is 5.92 Å². The number of amides is 1. The molecule has 108 valence electrons. The predicted molar refractivity (Wildman–Crippen MR) is 76.5 cm³/mol. The van der Waals surface area contributed by atoms with Crippen LogP contribution in [0.25, 0.3) is 0 Å². The minimum absolute atomic E-state index is 0.0579. The normalized spacial score (nSPS) is 17.4. The number of aliphatic carboxylic acids is 1. The molecule has 1 fully saturated rings. The topological polar surface area (TPSA) is 66.4 Å². The van der Waals surface area contributed by atoms with Crippen molar-refractivity contribution < 1.29 is 14.7 Å². The van der Waals surface area contributed by atoms with Crippen LogP contribution in [0.1, 0.15) is 36.5 Å². The fraction of sp³-hybridized carbons (Fsp3) is 0.500. The van der Waals surface area contributed by atoms with Crippen LogP contribution in [0.4, 0.5) is 0 Å². The molecule has 1 saturated carbocycles. The van der Waals surface area contributed by atoms with Crippen LogP contribution in [-0.2, 0) is 16.0 Å². The molecule has 1 atom stereocenters. The zero-order chi connectivity index (χ0) is 14.9. The molecule has 1 aromatic carbocycles. The monoisotopic (exact) mass is 275 g/mol. The number of rotatable bonds is 5. The summed E-state index contributed by atoms with van der Waals surface area (Å²) in [4.78, 5) is 23.6. The minimum atomic E-state index is -1.13. The van der Waals surface area contributed by atoms with Gasteiger partial charge in [-0.1, -0.05) is 23.8 Å². The van der Waals surface area contributed by atoms with Crippen LogP contribution in [-0.4, -0.2) is 22.5 Å². The molecule has 4 nitrogen and oxygen atoms in total. The highest BCUT2D eigenvalue weighted by Gasteiger charge is 2.48. The lowest BCUT2D eigenvalue weighted by Crippen LogP contribution is -2.54. The van der Waals surface area contributed by atoms with Crippen LogP contribution in [0.3, 0.4) is 0 Å². The third-order valence-electron chi connectivity index (χ3n) is 4.09. The first-order valence-corrected chi connectivity index (χ1v) is 6.93. The standard InChI is InChI=1S/C16H21NO3/c1-10-4-5-11(2)12(8-10)9-14(18)17-16(3,15(19)20)13-6-7-13/h4-5,8,13H,6-7,9H2,1-3H3,(H,17,18)(H,19,20)/t16-/m0/s1. The lowest BCUT2D eigenvalue weighted by molar-refractivity contribution is -0.147. The van der Waals surface area contributed by atoms with Crippen molar-refractivity contribution in [2.45, 2.75) is 45.6 Å². The van der Waals surface area contributed by atoms with Gasteiger partial charge in [-0.3, -0.25) is 4.79 Å². The number of benzene rings is 1. The average molecular weight is 275 g/mol. The van der Waals surface area contributed by atoms with Gasteiger partial charge in [0.2, 0.25) is 5.91 Å². The summed E-state index contributed by atoms with van der Waals surface area (Å²) in [5, 5.41) is 12.1. The Bertz CT molecular complexity index is 549. The summed E-state index contributed by atoms with van der Waals surface area (Å²) in [6.45, 7) is 5.54. The number of carbonyl (C=O) groups excluding carboxylic acids is 1. The van der Waals surface area contributed by atoms with E-state index >= 15 is 0 Å². The Labute approximate surface area is 119 Å². The number of hydrogen-bond donors (Lipinski definition) is 2. The largest absolute Gasteiger partial charge is 0.480 e. The summed E-state index contributed by atoms with van der Waals surface area (Å²) < 4.78 is 0. The van der Waals surface area contributed by atoms with E-state index in [4.69, 9.17) is 0 Å². The Balaban J connectivity index is 2.08. The molecular weight excluding hydrogens is 254 g/mol. The molecule has 4 heteroatoms. The van der Waals surface area contributed by atoms with E-state index in [1.807, 2.05) is 32.0 Å². The van der Waals surface area contributed by atoms with E-state index in [0.29, 0.717) is 0 Å². The first kappa shape index (κ1) is 14.6. The molecular formula is C16H21NO3. The predicted octanol–water partition coefficient (Wildman–Crippen LogP) is 2.22. The molecule has 2 N–H and O–H groups in total. The van der Waals surface area contributed by atoms with Crippen LogP contribution in [0.5, 0.6) is 0 Å². The Kier molecular flexibility index (Phi) is 3.84. The van der Waals surface area contributed by atoms with Crippen LogP contribution in [0.2, 0.25) is 0 Å². The summed E-state index contributed by atoms with van der Waals surface area (Å²) in [5.74, 6) is -1.12. The Morgan fingerprint density at radius 1 is 1.35 bits per heavy atom. The fourth-order valence-corrected chi connectivity index (χ4v) is 2.49. The van der Waals surface area contributed by atoms with Crippen LogP contribution >= 0.6 is 0 Å². The third-order valence-corrected chi connectivity index (χ3v) is 4.09. The maximum atomic E-state index is 12.2. The van der Waals surface area contributed by atoms with Gasteiger partial charge in [0.15, 0.2) is 0 Å². The quantitative estimate of drug-likeness (QED) is 0.866. The minimum Gasteiger partial charge on any atom is -0.480 e. The van der Waals surface area contributed by atoms with Crippen molar-refractivity contribution >= 4 is 11.9 Å². The molecule has 0 aliphatic heterocycles. The SMILES string of the molecule is Cc1ccc(C)c(CC(=O)N[C@](C)(C(=O)O)C2CC2)c1. The average Bonchev–Trinajstić information content (AvgIpc) is 3.17. The molecule has 0 radical (unpaired) electrons. The van der Waals surface area contributed by atoms with Crippen LogP contribution in [0, 0.1) is 19.8 Å². The zero-order valence-electron chi connectivity index (χ0n) is 12.2. The van der Waals surface area contributed by atoms with E-state index in [0.717, 1.165) is 29.5 Å². The van der Waals surface area contributed by atoms with E-state index in [1.165, 1.54) is 0 Å². The molecule has 1 amide bonds.